The minimum absolute atomic E-state index is 0.196. The van der Waals surface area contributed by atoms with Crippen molar-refractivity contribution in [2.75, 3.05) is 5.75 Å². The molecule has 0 N–H and O–H groups in total. The van der Waals surface area contributed by atoms with Gasteiger partial charge in [0.05, 0.1) is 12.4 Å². The first-order chi connectivity index (χ1) is 6.22. The summed E-state index contributed by atoms with van der Waals surface area (Å²) >= 11 is 11.9. The van der Waals surface area contributed by atoms with E-state index in [1.807, 2.05) is 6.92 Å². The van der Waals surface area contributed by atoms with E-state index in [1.165, 1.54) is 24.2 Å². The average molecular weight is 235 g/mol. The minimum Gasteiger partial charge on any atom is -0.437 e. The molecule has 0 aliphatic heterocycles. The molecule has 0 fully saturated rings. The summed E-state index contributed by atoms with van der Waals surface area (Å²) in [6, 6.07) is 0. The second-order valence-corrected chi connectivity index (χ2v) is 4.18. The molecule has 3 nitrogen and oxygen atoms in total. The Hall–Kier alpha value is -0.390. The first-order valence-corrected chi connectivity index (χ1v) is 5.31. The van der Waals surface area contributed by atoms with E-state index >= 15 is 0 Å². The molecule has 70 valence electrons. The highest BCUT2D eigenvalue weighted by atomic mass is 35.5. The summed E-state index contributed by atoms with van der Waals surface area (Å²) < 4.78 is 5.69. The SMILES string of the molecule is CCSC(=S)Oc1cnc(Cl)nc1. The zero-order valence-electron chi connectivity index (χ0n) is 6.86. The van der Waals surface area contributed by atoms with Gasteiger partial charge in [-0.1, -0.05) is 18.7 Å². The standard InChI is InChI=1S/C7H7ClN2OS2/c1-2-13-7(12)11-5-3-9-6(8)10-4-5/h3-4H,2H2,1H3. The third-order valence-electron chi connectivity index (χ3n) is 1.06. The molecule has 1 aromatic rings. The zero-order chi connectivity index (χ0) is 9.68. The summed E-state index contributed by atoms with van der Waals surface area (Å²) in [5, 5.41) is 0.196. The molecule has 1 heterocycles. The predicted octanol–water partition coefficient (Wildman–Crippen LogP) is 2.55. The van der Waals surface area contributed by atoms with Crippen molar-refractivity contribution in [3.05, 3.63) is 17.7 Å². The number of rotatable bonds is 2. The van der Waals surface area contributed by atoms with Gasteiger partial charge >= 0.3 is 0 Å². The highest BCUT2D eigenvalue weighted by Gasteiger charge is 2.00. The number of aromatic nitrogens is 2. The quantitative estimate of drug-likeness (QED) is 0.581. The Morgan fingerprint density at radius 2 is 2.23 bits per heavy atom. The van der Waals surface area contributed by atoms with Gasteiger partial charge in [-0.25, -0.2) is 9.97 Å². The molecule has 0 bridgehead atoms. The minimum atomic E-state index is 0.196. The van der Waals surface area contributed by atoms with E-state index in [2.05, 4.69) is 9.97 Å². The van der Waals surface area contributed by atoms with Gasteiger partial charge < -0.3 is 4.74 Å². The Bertz CT molecular complexity index is 291. The van der Waals surface area contributed by atoms with Gasteiger partial charge in [0.2, 0.25) is 9.67 Å². The maximum Gasteiger partial charge on any atom is 0.225 e. The molecular formula is C7H7ClN2OS2. The highest BCUT2D eigenvalue weighted by molar-refractivity contribution is 8.22. The maximum absolute atomic E-state index is 5.49. The first kappa shape index (κ1) is 10.7. The molecule has 0 aromatic carbocycles. The number of thiocarbonyl (C=S) groups is 1. The number of ether oxygens (including phenoxy) is 1. The van der Waals surface area contributed by atoms with Crippen LogP contribution in [0.25, 0.3) is 0 Å². The van der Waals surface area contributed by atoms with E-state index in [0.717, 1.165) is 5.75 Å². The van der Waals surface area contributed by atoms with E-state index in [4.69, 9.17) is 28.6 Å². The third-order valence-corrected chi connectivity index (χ3v) is 2.30. The number of thioether (sulfide) groups is 1. The number of halogens is 1. The van der Waals surface area contributed by atoms with Crippen molar-refractivity contribution < 1.29 is 4.74 Å². The van der Waals surface area contributed by atoms with Crippen LogP contribution in [0.1, 0.15) is 6.92 Å². The van der Waals surface area contributed by atoms with E-state index in [0.29, 0.717) is 10.1 Å². The van der Waals surface area contributed by atoms with E-state index in [-0.39, 0.29) is 5.28 Å². The highest BCUT2D eigenvalue weighted by Crippen LogP contribution is 2.13. The summed E-state index contributed by atoms with van der Waals surface area (Å²) in [4.78, 5) is 7.51. The molecule has 6 heteroatoms. The van der Waals surface area contributed by atoms with Gasteiger partial charge in [0, 0.05) is 0 Å². The molecule has 0 atom stereocenters. The fraction of sp³-hybridized carbons (Fsp3) is 0.286. The second-order valence-electron chi connectivity index (χ2n) is 1.97. The Balaban J connectivity index is 2.54. The van der Waals surface area contributed by atoms with Crippen molar-refractivity contribution in [2.24, 2.45) is 0 Å². The van der Waals surface area contributed by atoms with Gasteiger partial charge in [0.25, 0.3) is 0 Å². The normalized spacial score (nSPS) is 9.69. The lowest BCUT2D eigenvalue weighted by Crippen LogP contribution is -2.01. The molecular weight excluding hydrogens is 228 g/mol. The zero-order valence-corrected chi connectivity index (χ0v) is 9.25. The second kappa shape index (κ2) is 5.36. The van der Waals surface area contributed by atoms with Crippen LogP contribution in [0.15, 0.2) is 12.4 Å². The Morgan fingerprint density at radius 1 is 1.62 bits per heavy atom. The number of nitrogens with zero attached hydrogens (tertiary/aromatic N) is 2. The lowest BCUT2D eigenvalue weighted by atomic mass is 10.6. The molecule has 0 aliphatic carbocycles. The van der Waals surface area contributed by atoms with Crippen LogP contribution >= 0.6 is 35.6 Å². The fourth-order valence-corrected chi connectivity index (χ4v) is 1.53. The molecule has 0 amide bonds. The number of hydrogen-bond donors (Lipinski definition) is 0. The van der Waals surface area contributed by atoms with Crippen LogP contribution in [0, 0.1) is 0 Å². The maximum atomic E-state index is 5.49. The molecule has 13 heavy (non-hydrogen) atoms. The molecule has 0 spiro atoms. The Labute approximate surface area is 90.9 Å². The van der Waals surface area contributed by atoms with E-state index in [1.54, 1.807) is 0 Å². The smallest absolute Gasteiger partial charge is 0.225 e. The summed E-state index contributed by atoms with van der Waals surface area (Å²) in [5.41, 5.74) is 0. The lowest BCUT2D eigenvalue weighted by Gasteiger charge is -2.03. The van der Waals surface area contributed by atoms with Gasteiger partial charge in [-0.3, -0.25) is 0 Å². The van der Waals surface area contributed by atoms with Crippen LogP contribution in [0.2, 0.25) is 5.28 Å². The van der Waals surface area contributed by atoms with Crippen molar-refractivity contribution in [1.82, 2.24) is 9.97 Å². The van der Waals surface area contributed by atoms with Crippen molar-refractivity contribution in [3.63, 3.8) is 0 Å². The van der Waals surface area contributed by atoms with Crippen LogP contribution in [-0.4, -0.2) is 20.1 Å². The number of hydrogen-bond acceptors (Lipinski definition) is 5. The molecule has 0 unspecified atom stereocenters. The lowest BCUT2D eigenvalue weighted by molar-refractivity contribution is 0.571. The van der Waals surface area contributed by atoms with E-state index < -0.39 is 0 Å². The van der Waals surface area contributed by atoms with Crippen molar-refractivity contribution in [1.29, 1.82) is 0 Å². The molecule has 0 radical (unpaired) electrons. The summed E-state index contributed by atoms with van der Waals surface area (Å²) in [5.74, 6) is 1.39. The molecule has 0 aliphatic rings. The Kier molecular flexibility index (Phi) is 4.41. The first-order valence-electron chi connectivity index (χ1n) is 3.54. The monoisotopic (exact) mass is 234 g/mol. The molecule has 1 rings (SSSR count). The van der Waals surface area contributed by atoms with Gasteiger partial charge in [0.15, 0.2) is 5.75 Å². The molecule has 1 aromatic heterocycles. The van der Waals surface area contributed by atoms with Crippen molar-refractivity contribution in [2.45, 2.75) is 6.92 Å². The summed E-state index contributed by atoms with van der Waals surface area (Å²) in [6.07, 6.45) is 2.97. The molecule has 0 saturated heterocycles. The average Bonchev–Trinajstić information content (AvgIpc) is 2.09. The van der Waals surface area contributed by atoms with Gasteiger partial charge in [0.1, 0.15) is 0 Å². The van der Waals surface area contributed by atoms with Gasteiger partial charge in [-0.05, 0) is 29.6 Å². The molecule has 0 saturated carbocycles. The van der Waals surface area contributed by atoms with Crippen LogP contribution in [0.3, 0.4) is 0 Å². The third kappa shape index (κ3) is 3.89. The fourth-order valence-electron chi connectivity index (χ4n) is 0.597. The Morgan fingerprint density at radius 3 is 2.77 bits per heavy atom. The van der Waals surface area contributed by atoms with Crippen LogP contribution in [0.4, 0.5) is 0 Å². The van der Waals surface area contributed by atoms with E-state index in [9.17, 15) is 0 Å². The van der Waals surface area contributed by atoms with Crippen LogP contribution in [0.5, 0.6) is 5.75 Å². The van der Waals surface area contributed by atoms with Crippen LogP contribution in [-0.2, 0) is 0 Å². The van der Waals surface area contributed by atoms with Crippen molar-refractivity contribution >= 4 is 40.0 Å². The van der Waals surface area contributed by atoms with Crippen LogP contribution < -0.4 is 4.74 Å². The van der Waals surface area contributed by atoms with Gasteiger partial charge in [-0.2, -0.15) is 0 Å². The summed E-state index contributed by atoms with van der Waals surface area (Å²) in [6.45, 7) is 2.00. The van der Waals surface area contributed by atoms with Gasteiger partial charge in [-0.15, -0.1) is 0 Å². The summed E-state index contributed by atoms with van der Waals surface area (Å²) in [7, 11) is 0. The topological polar surface area (TPSA) is 35.0 Å². The predicted molar refractivity (Wildman–Crippen MR) is 58.4 cm³/mol. The largest absolute Gasteiger partial charge is 0.437 e. The van der Waals surface area contributed by atoms with Crippen molar-refractivity contribution in [3.8, 4) is 5.75 Å².